The fourth-order valence-electron chi connectivity index (χ4n) is 3.49. The number of rotatable bonds is 11. The van der Waals surface area contributed by atoms with Gasteiger partial charge in [-0.05, 0) is 45.5 Å². The molecule has 2 aromatic carbocycles. The molecule has 8 heteroatoms. The Morgan fingerprint density at radius 3 is 2.23 bits per heavy atom. The molecular weight excluding hydrogens is 416 g/mol. The molecule has 1 unspecified atom stereocenters. The van der Waals surface area contributed by atoms with Crippen LogP contribution in [0.5, 0.6) is 11.5 Å². The fraction of sp³-hybridized carbons (Fsp3) is 0.455. The molecule has 1 atom stereocenters. The highest BCUT2D eigenvalue weighted by Gasteiger charge is 2.41. The topological polar surface area (TPSA) is 55.4 Å². The molecule has 1 aliphatic rings. The van der Waals surface area contributed by atoms with Crippen molar-refractivity contribution < 1.29 is 26.9 Å². The minimum Gasteiger partial charge on any atom is -0.517 e. The number of hydrogen-bond donors (Lipinski definition) is 0. The number of fused-ring (bicyclic) bond motifs is 1. The van der Waals surface area contributed by atoms with Crippen molar-refractivity contribution in [1.82, 2.24) is 0 Å². The first kappa shape index (κ1) is 23.0. The third-order valence-corrected chi connectivity index (χ3v) is 10.6. The van der Waals surface area contributed by atoms with E-state index in [1.54, 1.807) is 0 Å². The zero-order valence-electron chi connectivity index (χ0n) is 18.3. The van der Waals surface area contributed by atoms with Gasteiger partial charge in [0.2, 0.25) is 0 Å². The quantitative estimate of drug-likeness (QED) is 0.484. The molecule has 0 N–H and O–H groups in total. The van der Waals surface area contributed by atoms with Gasteiger partial charge < -0.3 is 26.9 Å². The molecule has 30 heavy (non-hydrogen) atoms. The third kappa shape index (κ3) is 5.51. The molecule has 2 aromatic rings. The van der Waals surface area contributed by atoms with Gasteiger partial charge in [-0.25, -0.2) is 0 Å². The van der Waals surface area contributed by atoms with Gasteiger partial charge in [0.25, 0.3) is 0 Å². The lowest BCUT2D eigenvalue weighted by molar-refractivity contribution is 0.0675. The van der Waals surface area contributed by atoms with Crippen LogP contribution in [-0.2, 0) is 24.3 Å². The third-order valence-electron chi connectivity index (χ3n) is 4.91. The molecule has 0 saturated carbocycles. The molecule has 0 fully saturated rings. The van der Waals surface area contributed by atoms with Crippen LogP contribution in [0.3, 0.4) is 0 Å². The van der Waals surface area contributed by atoms with E-state index in [2.05, 4.69) is 18.7 Å². The first-order valence-electron chi connectivity index (χ1n) is 10.6. The minimum atomic E-state index is -2.70. The SMILES string of the molecule is CCO[Si](CCOc1ccc2c(c1)CO[Si](C)(c1ccccc1)O2)(OCC)OCC. The van der Waals surface area contributed by atoms with Crippen LogP contribution in [0.15, 0.2) is 48.5 Å². The van der Waals surface area contributed by atoms with Crippen LogP contribution in [0.2, 0.25) is 12.6 Å². The summed E-state index contributed by atoms with van der Waals surface area (Å²) in [5, 5.41) is 1.13. The maximum atomic E-state index is 6.32. The average Bonchev–Trinajstić information content (AvgIpc) is 2.75. The van der Waals surface area contributed by atoms with Crippen molar-refractivity contribution in [3.05, 3.63) is 54.1 Å². The van der Waals surface area contributed by atoms with E-state index in [0.29, 0.717) is 39.1 Å². The summed E-state index contributed by atoms with van der Waals surface area (Å²) in [6.45, 7) is 10.6. The highest BCUT2D eigenvalue weighted by Crippen LogP contribution is 2.32. The molecule has 0 amide bonds. The van der Waals surface area contributed by atoms with Gasteiger partial charge in [-0.2, -0.15) is 0 Å². The van der Waals surface area contributed by atoms with Gasteiger partial charge in [0.15, 0.2) is 0 Å². The van der Waals surface area contributed by atoms with Crippen molar-refractivity contribution >= 4 is 22.6 Å². The predicted molar refractivity (Wildman–Crippen MR) is 120 cm³/mol. The molecule has 0 saturated heterocycles. The normalized spacial score (nSPS) is 18.5. The van der Waals surface area contributed by atoms with Gasteiger partial charge in [0.05, 0.1) is 19.3 Å². The first-order chi connectivity index (χ1) is 14.5. The smallest absolute Gasteiger partial charge is 0.504 e. The van der Waals surface area contributed by atoms with E-state index in [0.717, 1.165) is 22.2 Å². The Bertz CT molecular complexity index is 786. The van der Waals surface area contributed by atoms with Gasteiger partial charge in [-0.1, -0.05) is 30.3 Å². The van der Waals surface area contributed by atoms with Crippen molar-refractivity contribution in [2.75, 3.05) is 26.4 Å². The summed E-state index contributed by atoms with van der Waals surface area (Å²) in [4.78, 5) is 0. The van der Waals surface area contributed by atoms with Gasteiger partial charge in [0, 0.05) is 30.6 Å². The lowest BCUT2D eigenvalue weighted by Gasteiger charge is -2.33. The Morgan fingerprint density at radius 2 is 1.60 bits per heavy atom. The summed E-state index contributed by atoms with van der Waals surface area (Å²) in [6, 6.07) is 16.7. The summed E-state index contributed by atoms with van der Waals surface area (Å²) >= 11 is 0. The molecule has 1 aliphatic heterocycles. The largest absolute Gasteiger partial charge is 0.517 e. The van der Waals surface area contributed by atoms with Crippen molar-refractivity contribution in [3.8, 4) is 11.5 Å². The van der Waals surface area contributed by atoms with Gasteiger partial charge >= 0.3 is 17.4 Å². The maximum Gasteiger partial charge on any atom is 0.504 e. The van der Waals surface area contributed by atoms with Crippen LogP contribution in [0.4, 0.5) is 0 Å². The first-order valence-corrected chi connectivity index (χ1v) is 14.8. The van der Waals surface area contributed by atoms with Crippen LogP contribution in [0, 0.1) is 0 Å². The summed E-state index contributed by atoms with van der Waals surface area (Å²) < 4.78 is 36.2. The van der Waals surface area contributed by atoms with E-state index in [9.17, 15) is 0 Å². The second-order valence-corrected chi connectivity index (χ2v) is 12.7. The molecule has 3 rings (SSSR count). The lowest BCUT2D eigenvalue weighted by Crippen LogP contribution is -2.55. The highest BCUT2D eigenvalue weighted by molar-refractivity contribution is 6.80. The van der Waals surface area contributed by atoms with E-state index in [4.69, 9.17) is 26.9 Å². The molecule has 0 radical (unpaired) electrons. The second kappa shape index (κ2) is 10.6. The zero-order valence-corrected chi connectivity index (χ0v) is 20.3. The Kier molecular flexibility index (Phi) is 8.09. The minimum absolute atomic E-state index is 0.462. The highest BCUT2D eigenvalue weighted by atomic mass is 28.4. The number of benzene rings is 2. The van der Waals surface area contributed by atoms with E-state index in [1.165, 1.54) is 0 Å². The molecule has 1 heterocycles. The van der Waals surface area contributed by atoms with E-state index in [-0.39, 0.29) is 0 Å². The standard InChI is InChI=1S/C22H32O6Si2/c1-5-24-30(25-6-2,26-7-3)16-15-23-20-13-14-22-19(17-20)18-27-29(4,28-22)21-11-9-8-10-12-21/h8-14,17H,5-7,15-16,18H2,1-4H3. The summed E-state index contributed by atoms with van der Waals surface area (Å²) in [6.07, 6.45) is 0. The molecule has 6 nitrogen and oxygen atoms in total. The molecule has 0 aromatic heterocycles. The van der Waals surface area contributed by atoms with Gasteiger partial charge in [-0.15, -0.1) is 0 Å². The maximum absolute atomic E-state index is 6.32. The summed E-state index contributed by atoms with van der Waals surface area (Å²) in [5.41, 5.74) is 0.997. The van der Waals surface area contributed by atoms with E-state index >= 15 is 0 Å². The van der Waals surface area contributed by atoms with Crippen molar-refractivity contribution in [3.63, 3.8) is 0 Å². The van der Waals surface area contributed by atoms with Crippen LogP contribution in [-0.4, -0.2) is 43.8 Å². The van der Waals surface area contributed by atoms with E-state index in [1.807, 2.05) is 57.2 Å². The van der Waals surface area contributed by atoms with Crippen LogP contribution >= 0.6 is 0 Å². The van der Waals surface area contributed by atoms with Gasteiger partial charge in [-0.3, -0.25) is 0 Å². The Morgan fingerprint density at radius 1 is 0.933 bits per heavy atom. The molecule has 0 aliphatic carbocycles. The predicted octanol–water partition coefficient (Wildman–Crippen LogP) is 4.00. The fourth-order valence-corrected chi connectivity index (χ4v) is 8.04. The number of ether oxygens (including phenoxy) is 1. The average molecular weight is 449 g/mol. The van der Waals surface area contributed by atoms with Crippen LogP contribution in [0.25, 0.3) is 0 Å². The lowest BCUT2D eigenvalue weighted by atomic mass is 10.2. The Hall–Kier alpha value is -1.69. The molecule has 0 spiro atoms. The summed E-state index contributed by atoms with van der Waals surface area (Å²) in [7, 11) is -5.15. The van der Waals surface area contributed by atoms with E-state index < -0.39 is 17.4 Å². The van der Waals surface area contributed by atoms with Crippen LogP contribution in [0.1, 0.15) is 26.3 Å². The molecular formula is C22H32O6Si2. The number of hydrogen-bond acceptors (Lipinski definition) is 6. The van der Waals surface area contributed by atoms with Crippen molar-refractivity contribution in [1.29, 1.82) is 0 Å². The Labute approximate surface area is 181 Å². The monoisotopic (exact) mass is 448 g/mol. The zero-order chi connectivity index (χ0) is 21.5. The van der Waals surface area contributed by atoms with Gasteiger partial charge in [0.1, 0.15) is 11.5 Å². The second-order valence-electron chi connectivity index (χ2n) is 7.05. The Balaban J connectivity index is 1.63. The molecule has 0 bridgehead atoms. The van der Waals surface area contributed by atoms with Crippen LogP contribution < -0.4 is 14.3 Å². The molecule has 164 valence electrons. The van der Waals surface area contributed by atoms with Crippen molar-refractivity contribution in [2.24, 2.45) is 0 Å². The summed E-state index contributed by atoms with van der Waals surface area (Å²) in [5.74, 6) is 1.65. The van der Waals surface area contributed by atoms with Crippen molar-refractivity contribution in [2.45, 2.75) is 40.0 Å².